The number of nitrogens with zero attached hydrogens (tertiary/aromatic N) is 4. The molecule has 1 aliphatic rings. The molecule has 0 saturated carbocycles. The molecule has 6 heteroatoms. The van der Waals surface area contributed by atoms with Crippen molar-refractivity contribution in [1.82, 2.24) is 19.3 Å². The molecule has 4 heterocycles. The molecule has 142 valence electrons. The van der Waals surface area contributed by atoms with Gasteiger partial charge in [0.2, 0.25) is 0 Å². The van der Waals surface area contributed by atoms with Crippen molar-refractivity contribution >= 4 is 27.2 Å². The second kappa shape index (κ2) is 7.11. The third-order valence-corrected chi connectivity index (χ3v) is 6.65. The predicted molar refractivity (Wildman–Crippen MR) is 113 cm³/mol. The van der Waals surface area contributed by atoms with Crippen LogP contribution in [0.15, 0.2) is 53.5 Å². The van der Waals surface area contributed by atoms with Gasteiger partial charge in [-0.25, -0.2) is 9.97 Å². The van der Waals surface area contributed by atoms with E-state index in [2.05, 4.69) is 23.1 Å². The third-order valence-electron chi connectivity index (χ3n) is 5.51. The van der Waals surface area contributed by atoms with Crippen LogP contribution in [0.5, 0.6) is 0 Å². The fourth-order valence-corrected chi connectivity index (χ4v) is 5.23. The molecule has 1 aromatic carbocycles. The number of aromatic nitrogens is 3. The van der Waals surface area contributed by atoms with Crippen LogP contribution in [0.1, 0.15) is 41.6 Å². The summed E-state index contributed by atoms with van der Waals surface area (Å²) in [5, 5.41) is 1.18. The third kappa shape index (κ3) is 3.12. The first-order valence-corrected chi connectivity index (χ1v) is 10.6. The minimum atomic E-state index is -0.0164. The molecule has 0 aliphatic carbocycles. The quantitative estimate of drug-likeness (QED) is 0.522. The topological polar surface area (TPSA) is 50.5 Å². The van der Waals surface area contributed by atoms with Gasteiger partial charge in [-0.15, -0.1) is 11.3 Å². The lowest BCUT2D eigenvalue weighted by molar-refractivity contribution is 0.138. The molecule has 0 unspecified atom stereocenters. The molecule has 5 rings (SSSR count). The van der Waals surface area contributed by atoms with E-state index in [9.17, 15) is 4.79 Å². The van der Waals surface area contributed by atoms with Crippen molar-refractivity contribution in [3.05, 3.63) is 75.3 Å². The summed E-state index contributed by atoms with van der Waals surface area (Å²) in [6, 6.07) is 14.2. The van der Waals surface area contributed by atoms with Crippen LogP contribution < -0.4 is 5.56 Å². The zero-order chi connectivity index (χ0) is 19.1. The van der Waals surface area contributed by atoms with Crippen molar-refractivity contribution in [3.8, 4) is 0 Å². The fraction of sp³-hybridized carbons (Fsp3) is 0.318. The van der Waals surface area contributed by atoms with Gasteiger partial charge in [0.25, 0.3) is 5.56 Å². The zero-order valence-corrected chi connectivity index (χ0v) is 16.7. The van der Waals surface area contributed by atoms with Gasteiger partial charge < -0.3 is 0 Å². The Morgan fingerprint density at radius 1 is 1.14 bits per heavy atom. The molecular weight excluding hydrogens is 368 g/mol. The van der Waals surface area contributed by atoms with Crippen molar-refractivity contribution in [3.63, 3.8) is 0 Å². The highest BCUT2D eigenvalue weighted by Gasteiger charge is 2.27. The number of hydrogen-bond acceptors (Lipinski definition) is 5. The van der Waals surface area contributed by atoms with E-state index in [1.54, 1.807) is 28.0 Å². The van der Waals surface area contributed by atoms with E-state index >= 15 is 0 Å². The zero-order valence-electron chi connectivity index (χ0n) is 15.8. The molecule has 3 aromatic heterocycles. The van der Waals surface area contributed by atoms with Crippen LogP contribution in [0, 0.1) is 6.92 Å². The lowest BCUT2D eigenvalue weighted by atomic mass is 10.0. The van der Waals surface area contributed by atoms with E-state index in [1.165, 1.54) is 22.5 Å². The summed E-state index contributed by atoms with van der Waals surface area (Å²) in [7, 11) is 0. The number of fused-ring (bicyclic) bond motifs is 2. The Morgan fingerprint density at radius 2 is 2.04 bits per heavy atom. The van der Waals surface area contributed by atoms with E-state index in [0.29, 0.717) is 12.6 Å². The lowest BCUT2D eigenvalue weighted by Gasteiger charge is -2.34. The molecule has 1 atom stereocenters. The van der Waals surface area contributed by atoms with E-state index in [4.69, 9.17) is 9.97 Å². The van der Waals surface area contributed by atoms with Crippen molar-refractivity contribution in [2.24, 2.45) is 0 Å². The summed E-state index contributed by atoms with van der Waals surface area (Å²) in [6.07, 6.45) is 5.27. The average Bonchev–Trinajstić information content (AvgIpc) is 3.13. The van der Waals surface area contributed by atoms with Gasteiger partial charge in [-0.2, -0.15) is 0 Å². The number of pyridine rings is 1. The highest BCUT2D eigenvalue weighted by molar-refractivity contribution is 7.18. The van der Waals surface area contributed by atoms with Crippen LogP contribution in [0.2, 0.25) is 0 Å². The standard InChI is InChI=1S/C22H22N4OS/c1-15-7-6-12-26-20(27)13-16(23-21(15)26)14-25-11-5-4-9-18(25)22-24-17-8-2-3-10-19(17)28-22/h2-3,6-8,10,12-13,18H,4-5,9,11,14H2,1H3/t18-/m0/s1. The van der Waals surface area contributed by atoms with Crippen LogP contribution in [0.3, 0.4) is 0 Å². The normalized spacial score (nSPS) is 18.1. The number of hydrogen-bond donors (Lipinski definition) is 0. The highest BCUT2D eigenvalue weighted by Crippen LogP contribution is 2.36. The van der Waals surface area contributed by atoms with Crippen LogP contribution >= 0.6 is 11.3 Å². The Morgan fingerprint density at radius 3 is 2.93 bits per heavy atom. The molecule has 1 aliphatic heterocycles. The summed E-state index contributed by atoms with van der Waals surface area (Å²) in [4.78, 5) is 24.7. The second-order valence-corrected chi connectivity index (χ2v) is 8.53. The Kier molecular flexibility index (Phi) is 4.45. The van der Waals surface area contributed by atoms with Gasteiger partial charge in [0.1, 0.15) is 10.7 Å². The smallest absolute Gasteiger partial charge is 0.258 e. The Balaban J connectivity index is 1.50. The lowest BCUT2D eigenvalue weighted by Crippen LogP contribution is -2.33. The molecule has 0 amide bonds. The Bertz CT molecular complexity index is 1180. The van der Waals surface area contributed by atoms with Gasteiger partial charge in [0.05, 0.1) is 22.0 Å². The molecule has 1 fully saturated rings. The summed E-state index contributed by atoms with van der Waals surface area (Å²) in [5.74, 6) is 0. The number of thiazole rings is 1. The van der Waals surface area contributed by atoms with Gasteiger partial charge in [-0.1, -0.05) is 24.6 Å². The van der Waals surface area contributed by atoms with Crippen LogP contribution in [0.25, 0.3) is 15.9 Å². The number of benzene rings is 1. The first kappa shape index (κ1) is 17.5. The van der Waals surface area contributed by atoms with Crippen molar-refractivity contribution < 1.29 is 0 Å². The van der Waals surface area contributed by atoms with E-state index in [-0.39, 0.29) is 5.56 Å². The number of likely N-dealkylation sites (tertiary alicyclic amines) is 1. The van der Waals surface area contributed by atoms with Crippen LogP contribution in [-0.4, -0.2) is 25.8 Å². The Hall–Kier alpha value is -2.57. The summed E-state index contributed by atoms with van der Waals surface area (Å²) in [6.45, 7) is 3.69. The maximum atomic E-state index is 12.6. The van der Waals surface area contributed by atoms with Crippen molar-refractivity contribution in [2.75, 3.05) is 6.54 Å². The molecule has 0 bridgehead atoms. The van der Waals surface area contributed by atoms with E-state index in [1.807, 2.05) is 25.1 Å². The Labute approximate surface area is 167 Å². The minimum Gasteiger partial charge on any atom is -0.288 e. The number of piperidine rings is 1. The molecule has 28 heavy (non-hydrogen) atoms. The molecule has 4 aromatic rings. The number of para-hydroxylation sites is 1. The largest absolute Gasteiger partial charge is 0.288 e. The first-order valence-electron chi connectivity index (χ1n) is 9.76. The summed E-state index contributed by atoms with van der Waals surface area (Å²) in [5.41, 5.74) is 3.66. The van der Waals surface area contributed by atoms with Gasteiger partial charge in [-0.3, -0.25) is 14.1 Å². The minimum absolute atomic E-state index is 0.0164. The van der Waals surface area contributed by atoms with Crippen molar-refractivity contribution in [1.29, 1.82) is 0 Å². The highest BCUT2D eigenvalue weighted by atomic mass is 32.1. The summed E-state index contributed by atoms with van der Waals surface area (Å²) < 4.78 is 2.86. The van der Waals surface area contributed by atoms with Gasteiger partial charge in [0.15, 0.2) is 0 Å². The molecule has 1 saturated heterocycles. The molecule has 0 radical (unpaired) electrons. The molecule has 5 nitrogen and oxygen atoms in total. The first-order chi connectivity index (χ1) is 13.7. The predicted octanol–water partition coefficient (Wildman–Crippen LogP) is 4.34. The molecular formula is C22H22N4OS. The van der Waals surface area contributed by atoms with Crippen LogP contribution in [0.4, 0.5) is 0 Å². The fourth-order valence-electron chi connectivity index (χ4n) is 4.09. The maximum absolute atomic E-state index is 12.6. The average molecular weight is 391 g/mol. The molecule has 0 spiro atoms. The van der Waals surface area contributed by atoms with Gasteiger partial charge in [-0.05, 0) is 50.1 Å². The second-order valence-electron chi connectivity index (χ2n) is 7.47. The summed E-state index contributed by atoms with van der Waals surface area (Å²) >= 11 is 1.79. The molecule has 0 N–H and O–H groups in total. The van der Waals surface area contributed by atoms with Gasteiger partial charge in [0, 0.05) is 18.8 Å². The SMILES string of the molecule is Cc1cccn2c(=O)cc(CN3CCCC[C@H]3c3nc4ccccc4s3)nc12. The van der Waals surface area contributed by atoms with Crippen molar-refractivity contribution in [2.45, 2.75) is 38.8 Å². The van der Waals surface area contributed by atoms with Gasteiger partial charge >= 0.3 is 0 Å². The maximum Gasteiger partial charge on any atom is 0.258 e. The monoisotopic (exact) mass is 390 g/mol. The van der Waals surface area contributed by atoms with E-state index in [0.717, 1.165) is 35.4 Å². The van der Waals surface area contributed by atoms with E-state index < -0.39 is 0 Å². The number of rotatable bonds is 3. The number of aryl methyl sites for hydroxylation is 1. The van der Waals surface area contributed by atoms with Crippen LogP contribution in [-0.2, 0) is 6.54 Å².